The highest BCUT2D eigenvalue weighted by Crippen LogP contribution is 2.25. The Hall–Kier alpha value is -3.14. The Bertz CT molecular complexity index is 1210. The molecule has 7 heteroatoms. The van der Waals surface area contributed by atoms with Crippen LogP contribution in [0.3, 0.4) is 0 Å². The molecule has 2 aromatic carbocycles. The molecule has 0 atom stereocenters. The summed E-state index contributed by atoms with van der Waals surface area (Å²) in [6, 6.07) is 15.3. The zero-order chi connectivity index (χ0) is 18.1. The quantitative estimate of drug-likeness (QED) is 0.413. The second-order valence-corrected chi connectivity index (χ2v) is 6.73. The summed E-state index contributed by atoms with van der Waals surface area (Å²) in [6.45, 7) is 0. The van der Waals surface area contributed by atoms with Crippen molar-refractivity contribution < 1.29 is 4.79 Å². The van der Waals surface area contributed by atoms with Gasteiger partial charge in [-0.05, 0) is 17.5 Å². The third-order valence-electron chi connectivity index (χ3n) is 3.94. The van der Waals surface area contributed by atoms with E-state index >= 15 is 0 Å². The summed E-state index contributed by atoms with van der Waals surface area (Å²) in [6.07, 6.45) is 3.25. The van der Waals surface area contributed by atoms with E-state index in [2.05, 4.69) is 10.3 Å². The third-order valence-corrected chi connectivity index (χ3v) is 4.97. The first-order valence-corrected chi connectivity index (χ1v) is 8.95. The van der Waals surface area contributed by atoms with Gasteiger partial charge >= 0.3 is 0 Å². The Labute approximate surface area is 157 Å². The number of amides is 1. The van der Waals surface area contributed by atoms with Crippen LogP contribution in [0.25, 0.3) is 21.8 Å². The van der Waals surface area contributed by atoms with Crippen LogP contribution in [-0.2, 0) is 4.79 Å². The molecule has 4 aromatic rings. The molecular weight excluding hydrogens is 368 g/mol. The highest BCUT2D eigenvalue weighted by Gasteiger charge is 2.15. The van der Waals surface area contributed by atoms with Crippen LogP contribution in [0.5, 0.6) is 0 Å². The van der Waals surface area contributed by atoms with Crippen molar-refractivity contribution in [2.75, 3.05) is 5.32 Å². The number of aromatic nitrogens is 2. The van der Waals surface area contributed by atoms with Crippen molar-refractivity contribution in [3.05, 3.63) is 70.5 Å². The van der Waals surface area contributed by atoms with Gasteiger partial charge in [0.1, 0.15) is 11.6 Å². The molecule has 4 rings (SSSR count). The van der Waals surface area contributed by atoms with Gasteiger partial charge in [0.2, 0.25) is 0 Å². The van der Waals surface area contributed by atoms with Gasteiger partial charge in [-0.25, -0.2) is 4.98 Å². The molecule has 0 aliphatic rings. The number of nitriles is 1. The Balaban J connectivity index is 1.71. The molecule has 0 unspecified atom stereocenters. The normalized spacial score (nSPS) is 11.6. The van der Waals surface area contributed by atoms with E-state index in [0.717, 1.165) is 10.8 Å². The van der Waals surface area contributed by atoms with Crippen molar-refractivity contribution in [3.63, 3.8) is 0 Å². The predicted molar refractivity (Wildman–Crippen MR) is 104 cm³/mol. The predicted octanol–water partition coefficient (Wildman–Crippen LogP) is 4.75. The van der Waals surface area contributed by atoms with Gasteiger partial charge in [-0.2, -0.15) is 5.26 Å². The molecule has 0 aliphatic heterocycles. The Morgan fingerprint density at radius 2 is 2.08 bits per heavy atom. The Morgan fingerprint density at radius 1 is 1.27 bits per heavy atom. The number of fused-ring (bicyclic) bond motifs is 2. The van der Waals surface area contributed by atoms with E-state index in [1.54, 1.807) is 16.7 Å². The average Bonchev–Trinajstić information content (AvgIpc) is 3.21. The van der Waals surface area contributed by atoms with Gasteiger partial charge in [0.15, 0.2) is 10.1 Å². The molecule has 0 saturated heterocycles. The zero-order valence-corrected chi connectivity index (χ0v) is 14.9. The first kappa shape index (κ1) is 16.3. The van der Waals surface area contributed by atoms with Crippen molar-refractivity contribution in [3.8, 4) is 6.07 Å². The minimum atomic E-state index is -0.495. The van der Waals surface area contributed by atoms with Crippen molar-refractivity contribution in [1.82, 2.24) is 9.38 Å². The van der Waals surface area contributed by atoms with E-state index in [1.165, 1.54) is 17.4 Å². The maximum absolute atomic E-state index is 12.6. The van der Waals surface area contributed by atoms with E-state index in [1.807, 2.05) is 47.8 Å². The maximum atomic E-state index is 12.6. The number of thiazole rings is 1. The summed E-state index contributed by atoms with van der Waals surface area (Å²) in [4.78, 5) is 17.5. The number of hydrogen-bond acceptors (Lipinski definition) is 4. The SMILES string of the molecule is N#C/C(=C\c1c(Cl)nc2sccn12)C(=O)Nc1cccc2ccccc12. The molecule has 2 aromatic heterocycles. The Kier molecular flexibility index (Phi) is 4.17. The molecule has 0 radical (unpaired) electrons. The summed E-state index contributed by atoms with van der Waals surface area (Å²) < 4.78 is 1.75. The summed E-state index contributed by atoms with van der Waals surface area (Å²) in [5, 5.41) is 16.3. The molecule has 0 saturated carbocycles. The number of anilines is 1. The molecule has 0 spiro atoms. The fraction of sp³-hybridized carbons (Fsp3) is 0. The lowest BCUT2D eigenvalue weighted by Crippen LogP contribution is -2.13. The van der Waals surface area contributed by atoms with Gasteiger partial charge in [0, 0.05) is 22.7 Å². The Morgan fingerprint density at radius 3 is 2.92 bits per heavy atom. The molecule has 0 fully saturated rings. The van der Waals surface area contributed by atoms with Crippen LogP contribution in [0.15, 0.2) is 59.6 Å². The van der Waals surface area contributed by atoms with E-state index in [4.69, 9.17) is 11.6 Å². The van der Waals surface area contributed by atoms with Crippen LogP contribution in [0.2, 0.25) is 5.15 Å². The van der Waals surface area contributed by atoms with Crippen LogP contribution in [0.4, 0.5) is 5.69 Å². The zero-order valence-electron chi connectivity index (χ0n) is 13.3. The summed E-state index contributed by atoms with van der Waals surface area (Å²) in [5.41, 5.74) is 1.11. The number of hydrogen-bond donors (Lipinski definition) is 1. The van der Waals surface area contributed by atoms with Gasteiger partial charge in [0.05, 0.1) is 5.69 Å². The summed E-state index contributed by atoms with van der Waals surface area (Å²) in [7, 11) is 0. The monoisotopic (exact) mass is 378 g/mol. The van der Waals surface area contributed by atoms with Gasteiger partial charge in [-0.15, -0.1) is 11.3 Å². The molecule has 2 heterocycles. The number of carbonyl (C=O) groups is 1. The smallest absolute Gasteiger partial charge is 0.266 e. The summed E-state index contributed by atoms with van der Waals surface area (Å²) in [5.74, 6) is -0.495. The van der Waals surface area contributed by atoms with Crippen LogP contribution >= 0.6 is 22.9 Å². The number of benzene rings is 2. The van der Waals surface area contributed by atoms with Crippen LogP contribution in [-0.4, -0.2) is 15.3 Å². The van der Waals surface area contributed by atoms with E-state index in [-0.39, 0.29) is 10.7 Å². The first-order chi connectivity index (χ1) is 12.7. The average molecular weight is 379 g/mol. The standard InChI is InChI=1S/C19H11ClN4OS/c20-17-16(24-8-9-26-19(24)23-17)10-13(11-21)18(25)22-15-7-3-5-12-4-1-2-6-14(12)15/h1-10H,(H,22,25)/b13-10+. The largest absolute Gasteiger partial charge is 0.321 e. The minimum Gasteiger partial charge on any atom is -0.321 e. The molecule has 1 N–H and O–H groups in total. The second kappa shape index (κ2) is 6.64. The molecule has 5 nitrogen and oxygen atoms in total. The number of carbonyl (C=O) groups excluding carboxylic acids is 1. The topological polar surface area (TPSA) is 70.2 Å². The van der Waals surface area contributed by atoms with Crippen molar-refractivity contribution in [1.29, 1.82) is 5.26 Å². The maximum Gasteiger partial charge on any atom is 0.266 e. The lowest BCUT2D eigenvalue weighted by Gasteiger charge is -2.08. The molecule has 0 bridgehead atoms. The first-order valence-electron chi connectivity index (χ1n) is 7.69. The van der Waals surface area contributed by atoms with Crippen molar-refractivity contribution in [2.45, 2.75) is 0 Å². The minimum absolute atomic E-state index is 0.0483. The lowest BCUT2D eigenvalue weighted by atomic mass is 10.1. The number of imidazole rings is 1. The second-order valence-electron chi connectivity index (χ2n) is 5.49. The van der Waals surface area contributed by atoms with Crippen molar-refractivity contribution in [2.24, 2.45) is 0 Å². The molecule has 126 valence electrons. The van der Waals surface area contributed by atoms with Crippen LogP contribution in [0.1, 0.15) is 5.69 Å². The number of nitrogens with one attached hydrogen (secondary N) is 1. The van der Waals surface area contributed by atoms with Crippen LogP contribution < -0.4 is 5.32 Å². The van der Waals surface area contributed by atoms with Gasteiger partial charge in [-0.3, -0.25) is 9.20 Å². The molecular formula is C19H11ClN4OS. The fourth-order valence-corrected chi connectivity index (χ4v) is 3.71. The van der Waals surface area contributed by atoms with E-state index < -0.39 is 5.91 Å². The molecule has 1 amide bonds. The highest BCUT2D eigenvalue weighted by molar-refractivity contribution is 7.15. The highest BCUT2D eigenvalue weighted by atomic mass is 35.5. The number of nitrogens with zero attached hydrogens (tertiary/aromatic N) is 3. The van der Waals surface area contributed by atoms with Gasteiger partial charge in [-0.1, -0.05) is 48.0 Å². The van der Waals surface area contributed by atoms with Crippen molar-refractivity contribution >= 4 is 56.3 Å². The number of halogens is 1. The molecule has 26 heavy (non-hydrogen) atoms. The van der Waals surface area contributed by atoms with Gasteiger partial charge < -0.3 is 5.32 Å². The van der Waals surface area contributed by atoms with E-state index in [0.29, 0.717) is 16.3 Å². The molecule has 0 aliphatic carbocycles. The number of rotatable bonds is 3. The van der Waals surface area contributed by atoms with Crippen LogP contribution in [0, 0.1) is 11.3 Å². The van der Waals surface area contributed by atoms with Gasteiger partial charge in [0.25, 0.3) is 5.91 Å². The summed E-state index contributed by atoms with van der Waals surface area (Å²) >= 11 is 7.57. The third kappa shape index (κ3) is 2.84. The fourth-order valence-electron chi connectivity index (χ4n) is 2.72. The van der Waals surface area contributed by atoms with E-state index in [9.17, 15) is 10.1 Å². The lowest BCUT2D eigenvalue weighted by molar-refractivity contribution is -0.112.